The molecule has 0 radical (unpaired) electrons. The summed E-state index contributed by atoms with van der Waals surface area (Å²) in [4.78, 5) is 36.5. The minimum atomic E-state index is -0.652. The number of fused-ring (bicyclic) bond motifs is 3. The van der Waals surface area contributed by atoms with Crippen molar-refractivity contribution in [2.75, 3.05) is 31.5 Å². The normalized spacial score (nSPS) is 25.0. The average molecular weight is 704 g/mol. The number of aliphatic hydroxyl groups is 1. The highest BCUT2D eigenvalue weighted by Gasteiger charge is 2.42. The summed E-state index contributed by atoms with van der Waals surface area (Å²) >= 11 is 0. The van der Waals surface area contributed by atoms with Crippen molar-refractivity contribution >= 4 is 53.6 Å². The van der Waals surface area contributed by atoms with Crippen molar-refractivity contribution in [2.45, 2.75) is 95.5 Å². The second kappa shape index (κ2) is 15.0. The van der Waals surface area contributed by atoms with Gasteiger partial charge in [0.1, 0.15) is 5.82 Å². The number of imidazole rings is 1. The van der Waals surface area contributed by atoms with Gasteiger partial charge in [-0.25, -0.2) is 9.37 Å². The lowest BCUT2D eigenvalue weighted by molar-refractivity contribution is -0.140. The third-order valence-corrected chi connectivity index (χ3v) is 11.1. The number of carbonyl (C=O) groups is 2. The molecule has 12 heteroatoms. The molecule has 2 unspecified atom stereocenters. The average Bonchev–Trinajstić information content (AvgIpc) is 3.52. The largest absolute Gasteiger partial charge is 0.390 e. The van der Waals surface area contributed by atoms with Crippen LogP contribution in [0.1, 0.15) is 87.2 Å². The summed E-state index contributed by atoms with van der Waals surface area (Å²) in [5.41, 5.74) is 2.70. The fourth-order valence-corrected chi connectivity index (χ4v) is 8.46. The van der Waals surface area contributed by atoms with E-state index < -0.39 is 5.60 Å². The van der Waals surface area contributed by atoms with Crippen LogP contribution in [0.5, 0.6) is 0 Å². The van der Waals surface area contributed by atoms with Crippen LogP contribution in [-0.4, -0.2) is 80.1 Å². The molecule has 1 saturated carbocycles. The van der Waals surface area contributed by atoms with Gasteiger partial charge >= 0.3 is 0 Å². The number of piperazine rings is 1. The van der Waals surface area contributed by atoms with Gasteiger partial charge in [-0.1, -0.05) is 6.07 Å². The predicted octanol–water partition coefficient (Wildman–Crippen LogP) is 5.95. The van der Waals surface area contributed by atoms with E-state index in [0.29, 0.717) is 35.4 Å². The zero-order valence-corrected chi connectivity index (χ0v) is 29.5. The quantitative estimate of drug-likeness (QED) is 0.281. The number of rotatable bonds is 7. The van der Waals surface area contributed by atoms with Gasteiger partial charge < -0.3 is 19.9 Å². The molecule has 0 spiro atoms. The molecular weight excluding hydrogens is 654 g/mol. The Hall–Kier alpha value is -2.76. The lowest BCUT2D eigenvalue weighted by Gasteiger charge is -2.39. The van der Waals surface area contributed by atoms with E-state index in [2.05, 4.69) is 37.1 Å². The number of halogens is 3. The smallest absolute Gasteiger partial charge is 0.257 e. The molecule has 4 heterocycles. The van der Waals surface area contributed by atoms with Crippen LogP contribution in [-0.2, 0) is 11.3 Å². The number of likely N-dealkylation sites (tertiary alicyclic amines) is 1. The van der Waals surface area contributed by atoms with E-state index in [9.17, 15) is 19.1 Å². The Morgan fingerprint density at radius 3 is 2.17 bits per heavy atom. The number of nitrogens with zero attached hydrogens (tertiary/aromatic N) is 4. The highest BCUT2D eigenvalue weighted by molar-refractivity contribution is 6.04. The number of hydrogen-bond acceptors (Lipinski definition) is 6. The first kappa shape index (κ1) is 36.5. The fraction of sp³-hybridized carbons (Fsp3) is 0.583. The van der Waals surface area contributed by atoms with E-state index in [1.807, 2.05) is 19.9 Å². The molecule has 262 valence electrons. The highest BCUT2D eigenvalue weighted by Crippen LogP contribution is 2.40. The van der Waals surface area contributed by atoms with Gasteiger partial charge in [0.2, 0.25) is 11.9 Å². The van der Waals surface area contributed by atoms with Gasteiger partial charge in [0, 0.05) is 49.2 Å². The predicted molar refractivity (Wildman–Crippen MR) is 190 cm³/mol. The second-order valence-corrected chi connectivity index (χ2v) is 14.6. The molecule has 48 heavy (non-hydrogen) atoms. The SMILES string of the molecule is CC(C)(O)C1CCN(Cc2ccc3nc(NC(=O)c4ccc(F)cc4)n(C4CCC(C(=O)N5C6CCC5CNC6)CC4)c3c2)CC1.Cl.Cl. The summed E-state index contributed by atoms with van der Waals surface area (Å²) in [5.74, 6) is 0.437. The number of nitrogens with one attached hydrogen (secondary N) is 2. The molecule has 3 N–H and O–H groups in total. The van der Waals surface area contributed by atoms with E-state index in [4.69, 9.17) is 4.98 Å². The van der Waals surface area contributed by atoms with E-state index >= 15 is 0 Å². The third kappa shape index (κ3) is 7.53. The Morgan fingerprint density at radius 2 is 1.54 bits per heavy atom. The Kier molecular flexibility index (Phi) is 11.4. The van der Waals surface area contributed by atoms with Gasteiger partial charge in [-0.05, 0) is 126 Å². The Morgan fingerprint density at radius 1 is 0.917 bits per heavy atom. The lowest BCUT2D eigenvalue weighted by atomic mass is 9.83. The molecule has 3 aromatic rings. The molecule has 3 aliphatic heterocycles. The lowest BCUT2D eigenvalue weighted by Crippen LogP contribution is -2.55. The van der Waals surface area contributed by atoms with Gasteiger partial charge in [0.25, 0.3) is 5.91 Å². The van der Waals surface area contributed by atoms with Crippen LogP contribution in [0.15, 0.2) is 42.5 Å². The fourth-order valence-electron chi connectivity index (χ4n) is 8.46. The molecule has 2 bridgehead atoms. The van der Waals surface area contributed by atoms with Crippen LogP contribution < -0.4 is 10.6 Å². The summed E-state index contributed by atoms with van der Waals surface area (Å²) in [7, 11) is 0. The Balaban J connectivity index is 0.00000225. The summed E-state index contributed by atoms with van der Waals surface area (Å²) in [6.45, 7) is 8.31. The standard InChI is InChI=1S/C36H47FN6O3.2ClH/c1-36(2,46)26-15-17-41(18-16-26)22-23-3-14-31-32(19-23)43(35(39-31)40-33(44)24-4-8-27(37)9-5-24)28-10-6-25(7-11-28)34(45)42-29-12-13-30(42)21-38-20-29;;/h3-5,8-9,14,19,25-26,28-30,38,46H,6-7,10-13,15-18,20-22H2,1-2H3,(H,39,40,44);2*1H. The monoisotopic (exact) mass is 702 g/mol. The summed E-state index contributed by atoms with van der Waals surface area (Å²) in [6, 6.07) is 12.6. The molecule has 9 nitrogen and oxygen atoms in total. The minimum Gasteiger partial charge on any atom is -0.390 e. The first-order valence-corrected chi connectivity index (χ1v) is 17.2. The van der Waals surface area contributed by atoms with Crippen molar-refractivity contribution in [3.63, 3.8) is 0 Å². The molecular formula is C36H49Cl2FN6O3. The van der Waals surface area contributed by atoms with Gasteiger partial charge in [0.15, 0.2) is 0 Å². The molecule has 4 aliphatic rings. The van der Waals surface area contributed by atoms with Gasteiger partial charge in [0.05, 0.1) is 16.6 Å². The van der Waals surface area contributed by atoms with Crippen molar-refractivity contribution in [1.29, 1.82) is 0 Å². The minimum absolute atomic E-state index is 0. The molecule has 4 fully saturated rings. The van der Waals surface area contributed by atoms with Crippen molar-refractivity contribution < 1.29 is 19.1 Å². The van der Waals surface area contributed by atoms with Crippen LogP contribution >= 0.6 is 24.8 Å². The topological polar surface area (TPSA) is 103 Å². The zero-order valence-electron chi connectivity index (χ0n) is 27.9. The maximum absolute atomic E-state index is 13.7. The van der Waals surface area contributed by atoms with Crippen LogP contribution in [0.3, 0.4) is 0 Å². The summed E-state index contributed by atoms with van der Waals surface area (Å²) in [6.07, 6.45) is 7.42. The molecule has 2 amide bonds. The van der Waals surface area contributed by atoms with E-state index in [0.717, 1.165) is 95.1 Å². The van der Waals surface area contributed by atoms with E-state index in [1.165, 1.54) is 29.8 Å². The Labute approximate surface area is 294 Å². The number of piperidine rings is 1. The first-order chi connectivity index (χ1) is 22.1. The number of hydrogen-bond donors (Lipinski definition) is 3. The molecule has 7 rings (SSSR count). The summed E-state index contributed by atoms with van der Waals surface area (Å²) < 4.78 is 15.7. The van der Waals surface area contributed by atoms with E-state index in [-0.39, 0.29) is 48.5 Å². The number of carbonyl (C=O) groups excluding carboxylic acids is 2. The maximum atomic E-state index is 13.7. The van der Waals surface area contributed by atoms with Crippen molar-refractivity contribution in [3.05, 3.63) is 59.4 Å². The third-order valence-electron chi connectivity index (χ3n) is 11.1. The van der Waals surface area contributed by atoms with Crippen LogP contribution in [0.2, 0.25) is 0 Å². The highest BCUT2D eigenvalue weighted by atomic mass is 35.5. The van der Waals surface area contributed by atoms with Gasteiger partial charge in [-0.15, -0.1) is 24.8 Å². The van der Waals surface area contributed by atoms with Crippen molar-refractivity contribution in [2.24, 2.45) is 11.8 Å². The summed E-state index contributed by atoms with van der Waals surface area (Å²) in [5, 5.41) is 17.0. The molecule has 2 aromatic carbocycles. The number of benzene rings is 2. The molecule has 1 aliphatic carbocycles. The number of amides is 2. The van der Waals surface area contributed by atoms with Crippen molar-refractivity contribution in [3.8, 4) is 0 Å². The van der Waals surface area contributed by atoms with Crippen molar-refractivity contribution in [1.82, 2.24) is 24.7 Å². The van der Waals surface area contributed by atoms with Gasteiger partial charge in [-0.2, -0.15) is 0 Å². The van der Waals surface area contributed by atoms with Crippen LogP contribution in [0.4, 0.5) is 10.3 Å². The number of aromatic nitrogens is 2. The Bertz CT molecular complexity index is 1560. The van der Waals surface area contributed by atoms with Gasteiger partial charge in [-0.3, -0.25) is 19.8 Å². The second-order valence-electron chi connectivity index (χ2n) is 14.6. The van der Waals surface area contributed by atoms with E-state index in [1.54, 1.807) is 0 Å². The first-order valence-electron chi connectivity index (χ1n) is 17.2. The van der Waals surface area contributed by atoms with Crippen LogP contribution in [0.25, 0.3) is 11.0 Å². The number of anilines is 1. The zero-order chi connectivity index (χ0) is 32.0. The molecule has 3 saturated heterocycles. The molecule has 2 atom stereocenters. The maximum Gasteiger partial charge on any atom is 0.257 e. The van der Waals surface area contributed by atoms with Crippen LogP contribution in [0, 0.1) is 17.7 Å². The molecule has 1 aromatic heterocycles.